The number of ether oxygens (including phenoxy) is 1. The van der Waals surface area contributed by atoms with E-state index >= 15 is 0 Å². The molecular formula is C21H23N3O5S3. The summed E-state index contributed by atoms with van der Waals surface area (Å²) in [6, 6.07) is 9.01. The van der Waals surface area contributed by atoms with Crippen molar-refractivity contribution in [2.75, 3.05) is 13.2 Å². The standard InChI is InChI=1S/C21H23N3O5S3/c1-3-29-14-6-8-16-17(13-14)31-20(22-16)32(27,28)23-19(26)21(2)10-11-24(21)18(25)9-7-15-5-4-12-30-15/h4-6,8,12-13H,3,7,9-11H2,1-2H3,(H,23,26). The van der Waals surface area contributed by atoms with E-state index in [0.29, 0.717) is 42.0 Å². The van der Waals surface area contributed by atoms with Gasteiger partial charge in [0.2, 0.25) is 10.2 Å². The Morgan fingerprint density at radius 1 is 1.31 bits per heavy atom. The van der Waals surface area contributed by atoms with Crippen molar-refractivity contribution in [1.29, 1.82) is 0 Å². The smallest absolute Gasteiger partial charge is 0.291 e. The molecule has 1 atom stereocenters. The summed E-state index contributed by atoms with van der Waals surface area (Å²) >= 11 is 2.54. The topological polar surface area (TPSA) is 106 Å². The molecule has 1 aliphatic heterocycles. The minimum atomic E-state index is -4.17. The number of thiophene rings is 1. The summed E-state index contributed by atoms with van der Waals surface area (Å²) in [6.45, 7) is 4.37. The number of benzene rings is 1. The average molecular weight is 494 g/mol. The molecule has 3 heterocycles. The van der Waals surface area contributed by atoms with Crippen LogP contribution in [0.15, 0.2) is 40.1 Å². The van der Waals surface area contributed by atoms with E-state index in [2.05, 4.69) is 9.71 Å². The second-order valence-electron chi connectivity index (χ2n) is 7.63. The molecule has 1 saturated heterocycles. The first-order valence-corrected chi connectivity index (χ1v) is 13.3. The van der Waals surface area contributed by atoms with Crippen molar-refractivity contribution in [2.24, 2.45) is 0 Å². The molecule has 1 N–H and O–H groups in total. The summed E-state index contributed by atoms with van der Waals surface area (Å²) in [5.74, 6) is -0.263. The van der Waals surface area contributed by atoms with Gasteiger partial charge in [0, 0.05) is 17.8 Å². The number of nitrogens with zero attached hydrogens (tertiary/aromatic N) is 2. The van der Waals surface area contributed by atoms with E-state index in [4.69, 9.17) is 4.74 Å². The average Bonchev–Trinajstić information content (AvgIpc) is 3.40. The summed E-state index contributed by atoms with van der Waals surface area (Å²) in [6.07, 6.45) is 1.27. The third-order valence-corrected chi connectivity index (χ3v) is 9.14. The molecule has 0 radical (unpaired) electrons. The number of thiazole rings is 1. The Labute approximate surface area is 194 Å². The fourth-order valence-electron chi connectivity index (χ4n) is 3.55. The van der Waals surface area contributed by atoms with Crippen LogP contribution in [0.2, 0.25) is 0 Å². The molecule has 1 aromatic carbocycles. The second-order valence-corrected chi connectivity index (χ2v) is 11.5. The second kappa shape index (κ2) is 8.80. The molecule has 8 nitrogen and oxygen atoms in total. The summed E-state index contributed by atoms with van der Waals surface area (Å²) in [7, 11) is -4.17. The van der Waals surface area contributed by atoms with E-state index in [1.165, 1.54) is 4.90 Å². The van der Waals surface area contributed by atoms with Crippen LogP contribution in [0.1, 0.15) is 31.6 Å². The van der Waals surface area contributed by atoms with Gasteiger partial charge in [0.1, 0.15) is 11.3 Å². The molecule has 3 aromatic rings. The highest BCUT2D eigenvalue weighted by Gasteiger charge is 2.50. The first kappa shape index (κ1) is 22.7. The number of amides is 2. The molecule has 32 heavy (non-hydrogen) atoms. The third kappa shape index (κ3) is 4.37. The maximum absolute atomic E-state index is 12.9. The van der Waals surface area contributed by atoms with Crippen LogP contribution in [0.25, 0.3) is 10.2 Å². The summed E-state index contributed by atoms with van der Waals surface area (Å²) in [5, 5.41) is 1.95. The Bertz CT molecular complexity index is 1250. The number of sulfonamides is 1. The van der Waals surface area contributed by atoms with Gasteiger partial charge in [-0.2, -0.15) is 8.42 Å². The van der Waals surface area contributed by atoms with Gasteiger partial charge in [-0.25, -0.2) is 9.71 Å². The van der Waals surface area contributed by atoms with Gasteiger partial charge in [0.05, 0.1) is 16.8 Å². The van der Waals surface area contributed by atoms with Crippen molar-refractivity contribution in [2.45, 2.75) is 43.0 Å². The minimum absolute atomic E-state index is 0.164. The number of likely N-dealkylation sites (tertiary alicyclic amines) is 1. The number of rotatable bonds is 8. The van der Waals surface area contributed by atoms with Crippen LogP contribution < -0.4 is 9.46 Å². The van der Waals surface area contributed by atoms with Crippen molar-refractivity contribution >= 4 is 54.7 Å². The molecule has 0 spiro atoms. The van der Waals surface area contributed by atoms with E-state index in [-0.39, 0.29) is 16.7 Å². The Morgan fingerprint density at radius 3 is 2.78 bits per heavy atom. The first-order chi connectivity index (χ1) is 15.2. The lowest BCUT2D eigenvalue weighted by Crippen LogP contribution is -2.67. The predicted octanol–water partition coefficient (Wildman–Crippen LogP) is 3.19. The van der Waals surface area contributed by atoms with Gasteiger partial charge in [-0.1, -0.05) is 6.07 Å². The molecule has 4 rings (SSSR count). The monoisotopic (exact) mass is 493 g/mol. The lowest BCUT2D eigenvalue weighted by Gasteiger charge is -2.48. The summed E-state index contributed by atoms with van der Waals surface area (Å²) in [5.41, 5.74) is -0.690. The lowest BCUT2D eigenvalue weighted by molar-refractivity contribution is -0.156. The normalized spacial score (nSPS) is 18.4. The van der Waals surface area contributed by atoms with Crippen molar-refractivity contribution in [3.05, 3.63) is 40.6 Å². The zero-order valence-corrected chi connectivity index (χ0v) is 20.1. The molecule has 1 aliphatic rings. The molecule has 0 bridgehead atoms. The zero-order chi connectivity index (χ0) is 22.9. The number of aromatic nitrogens is 1. The SMILES string of the molecule is CCOc1ccc2nc(S(=O)(=O)NC(=O)C3(C)CCN3C(=O)CCc3cccs3)sc2c1. The number of hydrogen-bond acceptors (Lipinski definition) is 8. The van der Waals surface area contributed by atoms with Crippen molar-refractivity contribution in [1.82, 2.24) is 14.6 Å². The molecule has 1 unspecified atom stereocenters. The maximum atomic E-state index is 12.9. The van der Waals surface area contributed by atoms with E-state index in [1.807, 2.05) is 24.4 Å². The number of nitrogens with one attached hydrogen (secondary N) is 1. The highest BCUT2D eigenvalue weighted by atomic mass is 32.2. The van der Waals surface area contributed by atoms with Crippen LogP contribution in [0.3, 0.4) is 0 Å². The molecule has 2 aromatic heterocycles. The van der Waals surface area contributed by atoms with E-state index in [1.54, 1.807) is 36.5 Å². The van der Waals surface area contributed by atoms with Gasteiger partial charge in [-0.3, -0.25) is 9.59 Å². The molecule has 0 aliphatic carbocycles. The van der Waals surface area contributed by atoms with E-state index in [9.17, 15) is 18.0 Å². The Balaban J connectivity index is 1.46. The van der Waals surface area contributed by atoms with Gasteiger partial charge >= 0.3 is 0 Å². The maximum Gasteiger partial charge on any atom is 0.291 e. The number of hydrogen-bond donors (Lipinski definition) is 1. The lowest BCUT2D eigenvalue weighted by atomic mass is 9.85. The number of carbonyl (C=O) groups excluding carboxylic acids is 2. The zero-order valence-electron chi connectivity index (χ0n) is 17.7. The van der Waals surface area contributed by atoms with Crippen LogP contribution in [0.4, 0.5) is 0 Å². The predicted molar refractivity (Wildman–Crippen MR) is 123 cm³/mol. The summed E-state index contributed by atoms with van der Waals surface area (Å²) < 4.78 is 33.7. The van der Waals surface area contributed by atoms with Crippen LogP contribution in [0.5, 0.6) is 5.75 Å². The van der Waals surface area contributed by atoms with Crippen LogP contribution in [-0.2, 0) is 26.0 Å². The molecule has 1 fully saturated rings. The van der Waals surface area contributed by atoms with Gasteiger partial charge in [-0.15, -0.1) is 22.7 Å². The van der Waals surface area contributed by atoms with Gasteiger partial charge in [0.15, 0.2) is 0 Å². The molecule has 0 saturated carbocycles. The van der Waals surface area contributed by atoms with Crippen LogP contribution in [0, 0.1) is 0 Å². The summed E-state index contributed by atoms with van der Waals surface area (Å²) in [4.78, 5) is 32.3. The highest BCUT2D eigenvalue weighted by Crippen LogP contribution is 2.33. The largest absolute Gasteiger partial charge is 0.494 e. The number of carbonyl (C=O) groups is 2. The Morgan fingerprint density at radius 2 is 2.12 bits per heavy atom. The molecule has 11 heteroatoms. The molecule has 2 amide bonds. The highest BCUT2D eigenvalue weighted by molar-refractivity contribution is 7.92. The van der Waals surface area contributed by atoms with Crippen molar-refractivity contribution in [3.8, 4) is 5.75 Å². The Hall–Kier alpha value is -2.50. The van der Waals surface area contributed by atoms with Crippen LogP contribution in [-0.4, -0.2) is 48.8 Å². The Kier molecular flexibility index (Phi) is 6.24. The minimum Gasteiger partial charge on any atom is -0.494 e. The fraction of sp³-hybridized carbons (Fsp3) is 0.381. The first-order valence-electron chi connectivity index (χ1n) is 10.2. The molecular weight excluding hydrogens is 470 g/mol. The fourth-order valence-corrected chi connectivity index (χ4v) is 6.58. The molecule has 170 valence electrons. The van der Waals surface area contributed by atoms with Gasteiger partial charge in [-0.05, 0) is 56.3 Å². The van der Waals surface area contributed by atoms with Crippen molar-refractivity contribution < 1.29 is 22.7 Å². The van der Waals surface area contributed by atoms with Crippen molar-refractivity contribution in [3.63, 3.8) is 0 Å². The third-order valence-electron chi connectivity index (χ3n) is 5.48. The number of aryl methyl sites for hydroxylation is 1. The van der Waals surface area contributed by atoms with E-state index < -0.39 is 21.5 Å². The van der Waals surface area contributed by atoms with Gasteiger partial charge < -0.3 is 9.64 Å². The number of fused-ring (bicyclic) bond motifs is 1. The van der Waals surface area contributed by atoms with Gasteiger partial charge in [0.25, 0.3) is 15.9 Å². The quantitative estimate of drug-likeness (QED) is 0.517. The van der Waals surface area contributed by atoms with E-state index in [0.717, 1.165) is 16.2 Å². The van der Waals surface area contributed by atoms with Crippen LogP contribution >= 0.6 is 22.7 Å².